The van der Waals surface area contributed by atoms with Crippen LogP contribution in [0.3, 0.4) is 0 Å². The molecule has 0 spiro atoms. The molecular formula is C22H24N4O2. The monoisotopic (exact) mass is 376 g/mol. The molecule has 144 valence electrons. The van der Waals surface area contributed by atoms with E-state index in [0.29, 0.717) is 24.5 Å². The van der Waals surface area contributed by atoms with E-state index in [1.807, 2.05) is 49.4 Å². The van der Waals surface area contributed by atoms with E-state index in [1.165, 1.54) is 12.8 Å². The van der Waals surface area contributed by atoms with Gasteiger partial charge in [0.15, 0.2) is 0 Å². The number of amides is 1. The number of nitrogens with zero attached hydrogens (tertiary/aromatic N) is 3. The van der Waals surface area contributed by atoms with Crippen molar-refractivity contribution in [2.75, 3.05) is 24.6 Å². The van der Waals surface area contributed by atoms with Gasteiger partial charge in [0.2, 0.25) is 5.95 Å². The third-order valence-corrected chi connectivity index (χ3v) is 4.94. The second-order valence-electron chi connectivity index (χ2n) is 6.82. The van der Waals surface area contributed by atoms with Crippen LogP contribution in [-0.4, -0.2) is 35.6 Å². The van der Waals surface area contributed by atoms with E-state index >= 15 is 0 Å². The zero-order valence-corrected chi connectivity index (χ0v) is 16.0. The van der Waals surface area contributed by atoms with Crippen molar-refractivity contribution in [1.29, 1.82) is 0 Å². The molecule has 0 saturated carbocycles. The Morgan fingerprint density at radius 3 is 2.79 bits per heavy atom. The highest BCUT2D eigenvalue weighted by atomic mass is 16.5. The Balaban J connectivity index is 1.55. The molecule has 0 bridgehead atoms. The van der Waals surface area contributed by atoms with E-state index in [-0.39, 0.29) is 5.91 Å². The second kappa shape index (κ2) is 8.25. The number of carbonyl (C=O) groups is 1. The van der Waals surface area contributed by atoms with Gasteiger partial charge >= 0.3 is 0 Å². The van der Waals surface area contributed by atoms with Gasteiger partial charge < -0.3 is 15.0 Å². The smallest absolute Gasteiger partial charge is 0.256 e. The van der Waals surface area contributed by atoms with E-state index in [1.54, 1.807) is 6.20 Å². The lowest BCUT2D eigenvalue weighted by molar-refractivity contribution is 0.0948. The predicted molar refractivity (Wildman–Crippen MR) is 110 cm³/mol. The fraction of sp³-hybridized carbons (Fsp3) is 0.318. The molecule has 1 fully saturated rings. The summed E-state index contributed by atoms with van der Waals surface area (Å²) < 4.78 is 5.71. The van der Waals surface area contributed by atoms with Crippen molar-refractivity contribution >= 4 is 22.6 Å². The van der Waals surface area contributed by atoms with Gasteiger partial charge in [-0.3, -0.25) is 4.79 Å². The first kappa shape index (κ1) is 18.2. The molecule has 0 radical (unpaired) electrons. The average molecular weight is 376 g/mol. The molecule has 2 aromatic carbocycles. The molecule has 0 aliphatic carbocycles. The van der Waals surface area contributed by atoms with Crippen molar-refractivity contribution in [2.24, 2.45) is 0 Å². The van der Waals surface area contributed by atoms with Gasteiger partial charge in [-0.2, -0.15) is 0 Å². The number of fused-ring (bicyclic) bond motifs is 1. The van der Waals surface area contributed by atoms with Crippen LogP contribution in [-0.2, 0) is 6.54 Å². The van der Waals surface area contributed by atoms with Gasteiger partial charge in [0.05, 0.1) is 24.4 Å². The third kappa shape index (κ3) is 3.76. The van der Waals surface area contributed by atoms with Crippen LogP contribution >= 0.6 is 0 Å². The molecule has 6 heteroatoms. The quantitative estimate of drug-likeness (QED) is 0.712. The summed E-state index contributed by atoms with van der Waals surface area (Å²) in [5.41, 5.74) is 1.36. The van der Waals surface area contributed by atoms with Crippen LogP contribution in [0.4, 0.5) is 5.95 Å². The number of anilines is 1. The summed E-state index contributed by atoms with van der Waals surface area (Å²) in [7, 11) is 0. The van der Waals surface area contributed by atoms with Crippen LogP contribution in [0.5, 0.6) is 5.75 Å². The number of ether oxygens (including phenoxy) is 1. The lowest BCUT2D eigenvalue weighted by Crippen LogP contribution is -2.25. The molecular weight excluding hydrogens is 352 g/mol. The number of rotatable bonds is 6. The van der Waals surface area contributed by atoms with Crippen LogP contribution < -0.4 is 15.0 Å². The van der Waals surface area contributed by atoms with Crippen LogP contribution in [0.2, 0.25) is 0 Å². The molecule has 0 unspecified atom stereocenters. The summed E-state index contributed by atoms with van der Waals surface area (Å²) in [6, 6.07) is 13.5. The SMILES string of the molecule is CCOc1ccc2ccccc2c1C(=O)NCc1ccnc(N2CCCC2)n1. The van der Waals surface area contributed by atoms with Crippen molar-refractivity contribution in [2.45, 2.75) is 26.3 Å². The summed E-state index contributed by atoms with van der Waals surface area (Å²) in [6.07, 6.45) is 4.10. The summed E-state index contributed by atoms with van der Waals surface area (Å²) >= 11 is 0. The first-order valence-corrected chi connectivity index (χ1v) is 9.76. The largest absolute Gasteiger partial charge is 0.493 e. The number of benzene rings is 2. The summed E-state index contributed by atoms with van der Waals surface area (Å²) in [4.78, 5) is 24.2. The Hall–Kier alpha value is -3.15. The van der Waals surface area contributed by atoms with Gasteiger partial charge in [-0.15, -0.1) is 0 Å². The minimum Gasteiger partial charge on any atom is -0.493 e. The van der Waals surface area contributed by atoms with Crippen molar-refractivity contribution in [3.8, 4) is 5.75 Å². The maximum Gasteiger partial charge on any atom is 0.256 e. The minimum atomic E-state index is -0.165. The molecule has 0 atom stereocenters. The molecule has 3 aromatic rings. The molecule has 6 nitrogen and oxygen atoms in total. The summed E-state index contributed by atoms with van der Waals surface area (Å²) in [5.74, 6) is 1.17. The number of hydrogen-bond donors (Lipinski definition) is 1. The number of carbonyl (C=O) groups excluding carboxylic acids is 1. The van der Waals surface area contributed by atoms with Crippen LogP contribution in [0, 0.1) is 0 Å². The Morgan fingerprint density at radius 1 is 1.14 bits per heavy atom. The highest BCUT2D eigenvalue weighted by Gasteiger charge is 2.18. The molecule has 1 N–H and O–H groups in total. The topological polar surface area (TPSA) is 67.3 Å². The first-order chi connectivity index (χ1) is 13.8. The molecule has 1 aromatic heterocycles. The van der Waals surface area contributed by atoms with Gasteiger partial charge in [0.25, 0.3) is 5.91 Å². The first-order valence-electron chi connectivity index (χ1n) is 9.76. The molecule has 1 aliphatic rings. The number of hydrogen-bond acceptors (Lipinski definition) is 5. The lowest BCUT2D eigenvalue weighted by atomic mass is 10.0. The van der Waals surface area contributed by atoms with Crippen LogP contribution in [0.25, 0.3) is 10.8 Å². The third-order valence-electron chi connectivity index (χ3n) is 4.94. The Morgan fingerprint density at radius 2 is 1.96 bits per heavy atom. The van der Waals surface area contributed by atoms with E-state index in [0.717, 1.165) is 35.5 Å². The summed E-state index contributed by atoms with van der Waals surface area (Å²) in [5, 5.41) is 4.89. The van der Waals surface area contributed by atoms with E-state index in [2.05, 4.69) is 20.2 Å². The maximum atomic E-state index is 13.0. The van der Waals surface area contributed by atoms with Crippen molar-refractivity contribution < 1.29 is 9.53 Å². The zero-order chi connectivity index (χ0) is 19.3. The van der Waals surface area contributed by atoms with Gasteiger partial charge in [0, 0.05) is 19.3 Å². The van der Waals surface area contributed by atoms with E-state index in [9.17, 15) is 4.79 Å². The standard InChI is InChI=1S/C22H24N4O2/c1-2-28-19-10-9-16-7-3-4-8-18(16)20(19)21(27)24-15-17-11-12-23-22(25-17)26-13-5-6-14-26/h3-4,7-12H,2,5-6,13-15H2,1H3,(H,24,27). The highest BCUT2D eigenvalue weighted by molar-refractivity contribution is 6.09. The van der Waals surface area contributed by atoms with Gasteiger partial charge in [-0.25, -0.2) is 9.97 Å². The highest BCUT2D eigenvalue weighted by Crippen LogP contribution is 2.28. The van der Waals surface area contributed by atoms with Crippen LogP contribution in [0.15, 0.2) is 48.7 Å². The molecule has 1 amide bonds. The minimum absolute atomic E-state index is 0.165. The molecule has 1 saturated heterocycles. The average Bonchev–Trinajstić information content (AvgIpc) is 3.27. The van der Waals surface area contributed by atoms with Crippen LogP contribution in [0.1, 0.15) is 35.8 Å². The van der Waals surface area contributed by atoms with E-state index < -0.39 is 0 Å². The molecule has 28 heavy (non-hydrogen) atoms. The van der Waals surface area contributed by atoms with Crippen molar-refractivity contribution in [3.05, 3.63) is 59.9 Å². The number of nitrogens with one attached hydrogen (secondary N) is 1. The zero-order valence-electron chi connectivity index (χ0n) is 16.0. The maximum absolute atomic E-state index is 13.0. The molecule has 4 rings (SSSR count). The lowest BCUT2D eigenvalue weighted by Gasteiger charge is -2.16. The summed E-state index contributed by atoms with van der Waals surface area (Å²) in [6.45, 7) is 4.74. The fourth-order valence-electron chi connectivity index (χ4n) is 3.57. The second-order valence-corrected chi connectivity index (χ2v) is 6.82. The Bertz CT molecular complexity index is 983. The Kier molecular flexibility index (Phi) is 5.37. The predicted octanol–water partition coefficient (Wildman–Crippen LogP) is 3.56. The van der Waals surface area contributed by atoms with Gasteiger partial charge in [-0.05, 0) is 42.7 Å². The Labute approximate surface area is 164 Å². The van der Waals surface area contributed by atoms with Gasteiger partial charge in [-0.1, -0.05) is 30.3 Å². The van der Waals surface area contributed by atoms with Crippen molar-refractivity contribution in [3.63, 3.8) is 0 Å². The molecule has 2 heterocycles. The fourth-order valence-corrected chi connectivity index (χ4v) is 3.57. The normalized spacial score (nSPS) is 13.7. The van der Waals surface area contributed by atoms with E-state index in [4.69, 9.17) is 4.74 Å². The number of aromatic nitrogens is 2. The molecule has 1 aliphatic heterocycles. The van der Waals surface area contributed by atoms with Crippen molar-refractivity contribution in [1.82, 2.24) is 15.3 Å². The van der Waals surface area contributed by atoms with Gasteiger partial charge in [0.1, 0.15) is 5.75 Å².